The molecule has 0 aromatic heterocycles. The number of hydrogen-bond acceptors (Lipinski definition) is 2. The molecule has 2 aliphatic carbocycles. The van der Waals surface area contributed by atoms with Crippen LogP contribution in [-0.4, -0.2) is 6.71 Å². The fourth-order valence-corrected chi connectivity index (χ4v) is 15.8. The van der Waals surface area contributed by atoms with Gasteiger partial charge in [0.1, 0.15) is 0 Å². The molecule has 0 saturated carbocycles. The molecule has 2 aliphatic heterocycles. The molecule has 0 atom stereocenters. The van der Waals surface area contributed by atoms with Crippen LogP contribution >= 0.6 is 0 Å². The minimum atomic E-state index is -0.497. The van der Waals surface area contributed by atoms with Gasteiger partial charge in [-0.15, -0.1) is 0 Å². The van der Waals surface area contributed by atoms with Crippen LogP contribution in [0.4, 0.5) is 34.1 Å². The molecule has 4 aliphatic rings. The predicted molar refractivity (Wildman–Crippen MR) is 363 cm³/mol. The lowest BCUT2D eigenvalue weighted by Gasteiger charge is -2.45. The molecule has 86 heavy (non-hydrogen) atoms. The first-order valence-electron chi connectivity index (χ1n) is 30.1. The second-order valence-electron chi connectivity index (χ2n) is 23.9. The summed E-state index contributed by atoms with van der Waals surface area (Å²) in [5, 5.41) is 9.82. The molecule has 2 heterocycles. The molecule has 19 rings (SSSR count). The van der Waals surface area contributed by atoms with Gasteiger partial charge in [0, 0.05) is 44.9 Å². The Labute approximate surface area is 499 Å². The first kappa shape index (κ1) is 47.5. The van der Waals surface area contributed by atoms with E-state index in [1.54, 1.807) is 0 Å². The SMILES string of the molecule is c1ccc(-c2ccc(N3c4cc(-c5ccc6c(c5)C5(c7ccccc7-c7ccccc75)c5ccccc5-6)cc5c4B(c4ccc6cc7ccccc7cc6c43)c3ccc4cc6ccccc6cc4c3N5c3ccc(-c4ccccc4)cc3)cc2)cc1. The van der Waals surface area contributed by atoms with Gasteiger partial charge < -0.3 is 9.80 Å². The normalized spacial score (nSPS) is 13.6. The largest absolute Gasteiger partial charge is 0.311 e. The Kier molecular flexibility index (Phi) is 9.94. The van der Waals surface area contributed by atoms with Gasteiger partial charge in [-0.3, -0.25) is 0 Å². The van der Waals surface area contributed by atoms with Gasteiger partial charge in [0.2, 0.25) is 0 Å². The second kappa shape index (κ2) is 18.0. The van der Waals surface area contributed by atoms with Crippen molar-refractivity contribution < 1.29 is 0 Å². The fourth-order valence-electron chi connectivity index (χ4n) is 15.8. The van der Waals surface area contributed by atoms with Crippen LogP contribution in [0, 0.1) is 0 Å². The molecule has 15 aromatic carbocycles. The highest BCUT2D eigenvalue weighted by atomic mass is 15.2. The van der Waals surface area contributed by atoms with E-state index in [-0.39, 0.29) is 6.71 Å². The molecule has 1 spiro atoms. The van der Waals surface area contributed by atoms with Crippen LogP contribution in [0.15, 0.2) is 309 Å². The van der Waals surface area contributed by atoms with Gasteiger partial charge in [-0.2, -0.15) is 0 Å². The first-order chi connectivity index (χ1) is 42.6. The van der Waals surface area contributed by atoms with Gasteiger partial charge in [-0.1, -0.05) is 243 Å². The summed E-state index contributed by atoms with van der Waals surface area (Å²) in [6, 6.07) is 117. The number of fused-ring (bicyclic) bond motifs is 20. The molecule has 396 valence electrons. The maximum atomic E-state index is 2.63. The van der Waals surface area contributed by atoms with E-state index in [1.807, 2.05) is 0 Å². The molecule has 0 saturated heterocycles. The molecule has 2 nitrogen and oxygen atoms in total. The highest BCUT2D eigenvalue weighted by Crippen LogP contribution is 2.63. The lowest BCUT2D eigenvalue weighted by atomic mass is 9.33. The standard InChI is InChI=1S/C83H51BN2/c1-3-17-52(18-4-1)54-31-38-64(39-32-54)85-78-50-63(60-35-42-69-68-27-13-16-30-74(68)83(75(69)49-60)72-28-14-11-25-66(72)67-26-12-15-29-73(67)83)51-79-80(78)84(76-43-36-61-45-56-21-7-9-23-58(56)47-70(61)81(76)85)77-44-37-62-46-57-22-8-10-24-59(57)48-71(62)82(77)86(79)65-40-33-55(34-41-65)53-19-5-2-6-20-53/h1-51H. The monoisotopic (exact) mass is 1090 g/mol. The molecule has 0 unspecified atom stereocenters. The van der Waals surface area contributed by atoms with Gasteiger partial charge in [0.25, 0.3) is 6.71 Å². The Morgan fingerprint density at radius 2 is 0.616 bits per heavy atom. The Balaban J connectivity index is 0.939. The average Bonchev–Trinajstić information content (AvgIpc) is 1.32. The van der Waals surface area contributed by atoms with Crippen molar-refractivity contribution in [2.75, 3.05) is 9.80 Å². The predicted octanol–water partition coefficient (Wildman–Crippen LogP) is 19.7. The zero-order valence-electron chi connectivity index (χ0n) is 46.9. The van der Waals surface area contributed by atoms with Crippen LogP contribution in [0.3, 0.4) is 0 Å². The van der Waals surface area contributed by atoms with Crippen molar-refractivity contribution in [2.24, 2.45) is 0 Å². The summed E-state index contributed by atoms with van der Waals surface area (Å²) < 4.78 is 0. The number of nitrogens with zero attached hydrogens (tertiary/aromatic N) is 2. The van der Waals surface area contributed by atoms with Gasteiger partial charge in [0.15, 0.2) is 0 Å². The molecule has 3 heteroatoms. The quantitative estimate of drug-likeness (QED) is 0.125. The Morgan fingerprint density at radius 3 is 1.07 bits per heavy atom. The Bertz CT molecular complexity index is 5060. The minimum Gasteiger partial charge on any atom is -0.311 e. The summed E-state index contributed by atoms with van der Waals surface area (Å²) in [6.45, 7) is -0.116. The van der Waals surface area contributed by atoms with Crippen molar-refractivity contribution in [3.63, 3.8) is 0 Å². The number of rotatable bonds is 5. The van der Waals surface area contributed by atoms with Crippen LogP contribution in [0.5, 0.6) is 0 Å². The molecule has 0 radical (unpaired) electrons. The third-order valence-electron chi connectivity index (χ3n) is 19.5. The zero-order chi connectivity index (χ0) is 56.2. The number of anilines is 6. The average molecular weight is 1090 g/mol. The van der Waals surface area contributed by atoms with E-state index < -0.39 is 5.41 Å². The Morgan fingerprint density at radius 1 is 0.244 bits per heavy atom. The fraction of sp³-hybridized carbons (Fsp3) is 0.0120. The van der Waals surface area contributed by atoms with Gasteiger partial charge in [-0.25, -0.2) is 0 Å². The molecule has 0 N–H and O–H groups in total. The smallest absolute Gasteiger partial charge is 0.252 e. The van der Waals surface area contributed by atoms with Crippen LogP contribution in [0.1, 0.15) is 22.3 Å². The second-order valence-corrected chi connectivity index (χ2v) is 23.9. The van der Waals surface area contributed by atoms with Crippen LogP contribution < -0.4 is 26.2 Å². The van der Waals surface area contributed by atoms with Crippen molar-refractivity contribution in [3.05, 3.63) is 332 Å². The maximum Gasteiger partial charge on any atom is 0.252 e. The number of benzene rings is 15. The van der Waals surface area contributed by atoms with Crippen LogP contribution in [0.25, 0.3) is 98.7 Å². The molecular formula is C83H51BN2. The number of hydrogen-bond donors (Lipinski definition) is 0. The van der Waals surface area contributed by atoms with E-state index in [2.05, 4.69) is 319 Å². The van der Waals surface area contributed by atoms with Gasteiger partial charge in [0.05, 0.1) is 5.41 Å². The van der Waals surface area contributed by atoms with E-state index in [0.717, 1.165) is 16.9 Å². The van der Waals surface area contributed by atoms with Crippen molar-refractivity contribution in [1.29, 1.82) is 0 Å². The lowest BCUT2D eigenvalue weighted by Crippen LogP contribution is -2.61. The third kappa shape index (κ3) is 6.63. The highest BCUT2D eigenvalue weighted by Gasteiger charge is 2.52. The van der Waals surface area contributed by atoms with Crippen molar-refractivity contribution >= 4 is 100 Å². The highest BCUT2D eigenvalue weighted by molar-refractivity contribution is 7.00. The minimum absolute atomic E-state index is 0.116. The van der Waals surface area contributed by atoms with Gasteiger partial charge in [-0.05, 0) is 193 Å². The summed E-state index contributed by atoms with van der Waals surface area (Å²) in [5.74, 6) is 0. The molecular weight excluding hydrogens is 1040 g/mol. The van der Waals surface area contributed by atoms with Crippen molar-refractivity contribution in [1.82, 2.24) is 0 Å². The molecule has 0 amide bonds. The lowest BCUT2D eigenvalue weighted by molar-refractivity contribution is 0.794. The first-order valence-corrected chi connectivity index (χ1v) is 30.1. The van der Waals surface area contributed by atoms with Crippen molar-refractivity contribution in [2.45, 2.75) is 5.41 Å². The van der Waals surface area contributed by atoms with E-state index in [9.17, 15) is 0 Å². The molecule has 0 bridgehead atoms. The van der Waals surface area contributed by atoms with Crippen LogP contribution in [0.2, 0.25) is 0 Å². The summed E-state index contributed by atoms with van der Waals surface area (Å²) in [5.41, 5.74) is 28.0. The zero-order valence-corrected chi connectivity index (χ0v) is 46.9. The van der Waals surface area contributed by atoms with Crippen molar-refractivity contribution in [3.8, 4) is 55.6 Å². The Hall–Kier alpha value is -11.0. The third-order valence-corrected chi connectivity index (χ3v) is 19.5. The van der Waals surface area contributed by atoms with E-state index in [4.69, 9.17) is 0 Å². The molecule has 0 fully saturated rings. The molecule has 15 aromatic rings. The topological polar surface area (TPSA) is 6.48 Å². The van der Waals surface area contributed by atoms with E-state index in [1.165, 1.54) is 155 Å². The maximum absolute atomic E-state index is 2.63. The van der Waals surface area contributed by atoms with Gasteiger partial charge >= 0.3 is 0 Å². The summed E-state index contributed by atoms with van der Waals surface area (Å²) in [6.07, 6.45) is 0. The van der Waals surface area contributed by atoms with E-state index in [0.29, 0.717) is 0 Å². The summed E-state index contributed by atoms with van der Waals surface area (Å²) in [4.78, 5) is 5.26. The van der Waals surface area contributed by atoms with E-state index >= 15 is 0 Å². The summed E-state index contributed by atoms with van der Waals surface area (Å²) in [7, 11) is 0. The van der Waals surface area contributed by atoms with Crippen LogP contribution in [-0.2, 0) is 5.41 Å². The summed E-state index contributed by atoms with van der Waals surface area (Å²) >= 11 is 0.